The summed E-state index contributed by atoms with van der Waals surface area (Å²) in [5.74, 6) is 0.866. The van der Waals surface area contributed by atoms with Gasteiger partial charge < -0.3 is 9.72 Å². The molecule has 0 bridgehead atoms. The monoisotopic (exact) mass is 333 g/mol. The fourth-order valence-corrected chi connectivity index (χ4v) is 2.68. The highest BCUT2D eigenvalue weighted by atomic mass is 79.9. The second-order valence-electron chi connectivity index (χ2n) is 4.68. The first kappa shape index (κ1) is 13.2. The molecule has 0 spiro atoms. The maximum Gasteiger partial charge on any atom is 0.131 e. The van der Waals surface area contributed by atoms with Crippen LogP contribution >= 0.6 is 15.9 Å². The van der Waals surface area contributed by atoms with E-state index in [2.05, 4.69) is 32.9 Å². The molecular weight excluding hydrogens is 318 g/mol. The maximum absolute atomic E-state index is 5.90. The molecule has 0 atom stereocenters. The van der Waals surface area contributed by atoms with Crippen LogP contribution in [0.3, 0.4) is 0 Å². The Kier molecular flexibility index (Phi) is 3.53. The van der Waals surface area contributed by atoms with E-state index in [9.17, 15) is 0 Å². The second-order valence-corrected chi connectivity index (χ2v) is 5.47. The molecule has 3 aromatic rings. The molecule has 0 radical (unpaired) electrons. The molecule has 3 rings (SSSR count). The van der Waals surface area contributed by atoms with E-state index < -0.39 is 0 Å². The van der Waals surface area contributed by atoms with Gasteiger partial charge in [0.25, 0.3) is 0 Å². The van der Waals surface area contributed by atoms with Crippen LogP contribution in [0.5, 0.6) is 5.75 Å². The third-order valence-electron chi connectivity index (χ3n) is 3.35. The summed E-state index contributed by atoms with van der Waals surface area (Å²) in [5, 5.41) is 5.62. The van der Waals surface area contributed by atoms with E-state index in [1.807, 2.05) is 42.1 Å². The summed E-state index contributed by atoms with van der Waals surface area (Å²) in [4.78, 5) is 3.17. The largest absolute Gasteiger partial charge is 0.487 e. The van der Waals surface area contributed by atoms with Crippen LogP contribution in [0.4, 0.5) is 0 Å². The van der Waals surface area contributed by atoms with Gasteiger partial charge in [-0.25, -0.2) is 0 Å². The second kappa shape index (κ2) is 5.32. The number of hydrogen-bond acceptors (Lipinski definition) is 2. The van der Waals surface area contributed by atoms with Gasteiger partial charge in [0.05, 0.1) is 15.9 Å². The summed E-state index contributed by atoms with van der Waals surface area (Å²) in [6, 6.07) is 8.09. The van der Waals surface area contributed by atoms with Crippen LogP contribution in [-0.4, -0.2) is 14.8 Å². The topological polar surface area (TPSA) is 42.8 Å². The number of hydrogen-bond donors (Lipinski definition) is 1. The summed E-state index contributed by atoms with van der Waals surface area (Å²) in [5.41, 5.74) is 3.18. The molecule has 2 heterocycles. The van der Waals surface area contributed by atoms with Crippen LogP contribution in [0.2, 0.25) is 0 Å². The number of aryl methyl sites for hydroxylation is 2. The molecule has 0 fully saturated rings. The molecule has 20 heavy (non-hydrogen) atoms. The normalized spacial score (nSPS) is 11.2. The number of aromatic nitrogens is 3. The predicted octanol–water partition coefficient (Wildman–Crippen LogP) is 4.03. The Morgan fingerprint density at radius 1 is 1.35 bits per heavy atom. The van der Waals surface area contributed by atoms with Gasteiger partial charge in [0.1, 0.15) is 12.4 Å². The molecule has 0 saturated carbocycles. The zero-order valence-electron chi connectivity index (χ0n) is 11.5. The first-order valence-corrected chi connectivity index (χ1v) is 7.40. The molecule has 104 valence electrons. The molecule has 0 saturated heterocycles. The molecule has 1 N–H and O–H groups in total. The summed E-state index contributed by atoms with van der Waals surface area (Å²) in [6.45, 7) is 5.41. The first-order chi connectivity index (χ1) is 9.69. The standard InChI is InChI=1S/C15H16BrN3O/c1-3-19-14(15(16)10(2)18-19)9-20-12-4-5-13-11(8-12)6-7-17-13/h4-8,17H,3,9H2,1-2H3. The van der Waals surface area contributed by atoms with Crippen molar-refractivity contribution in [2.45, 2.75) is 27.0 Å². The minimum absolute atomic E-state index is 0.505. The number of aromatic amines is 1. The van der Waals surface area contributed by atoms with E-state index in [0.717, 1.165) is 39.1 Å². The number of rotatable bonds is 4. The Labute approximate surface area is 125 Å². The molecule has 1 aromatic carbocycles. The first-order valence-electron chi connectivity index (χ1n) is 6.60. The van der Waals surface area contributed by atoms with Crippen molar-refractivity contribution < 1.29 is 4.74 Å². The smallest absolute Gasteiger partial charge is 0.131 e. The number of nitrogens with zero attached hydrogens (tertiary/aromatic N) is 2. The van der Waals surface area contributed by atoms with E-state index in [0.29, 0.717) is 6.61 Å². The van der Waals surface area contributed by atoms with Crippen LogP contribution in [0.1, 0.15) is 18.3 Å². The fourth-order valence-electron chi connectivity index (χ4n) is 2.28. The SMILES string of the molecule is CCn1nc(C)c(Br)c1COc1ccc2[nH]ccc2c1. The average molecular weight is 334 g/mol. The van der Waals surface area contributed by atoms with Gasteiger partial charge in [-0.05, 0) is 54.0 Å². The Bertz CT molecular complexity index is 745. The lowest BCUT2D eigenvalue weighted by Gasteiger charge is -2.08. The molecule has 0 aliphatic carbocycles. The molecule has 4 nitrogen and oxygen atoms in total. The van der Waals surface area contributed by atoms with Crippen molar-refractivity contribution in [3.63, 3.8) is 0 Å². The van der Waals surface area contributed by atoms with Crippen LogP contribution in [0.15, 0.2) is 34.9 Å². The Morgan fingerprint density at radius 2 is 2.20 bits per heavy atom. The quantitative estimate of drug-likeness (QED) is 0.783. The van der Waals surface area contributed by atoms with Crippen molar-refractivity contribution in [2.24, 2.45) is 0 Å². The summed E-state index contributed by atoms with van der Waals surface area (Å²) in [6.07, 6.45) is 1.93. The molecular formula is C15H16BrN3O. The van der Waals surface area contributed by atoms with E-state index >= 15 is 0 Å². The van der Waals surface area contributed by atoms with Gasteiger partial charge in [-0.1, -0.05) is 0 Å². The van der Waals surface area contributed by atoms with Gasteiger partial charge in [-0.2, -0.15) is 5.10 Å². The maximum atomic E-state index is 5.90. The number of benzene rings is 1. The van der Waals surface area contributed by atoms with Crippen LogP contribution in [-0.2, 0) is 13.2 Å². The average Bonchev–Trinajstić information content (AvgIpc) is 3.02. The van der Waals surface area contributed by atoms with Gasteiger partial charge in [0, 0.05) is 23.6 Å². The van der Waals surface area contributed by atoms with Crippen LogP contribution in [0, 0.1) is 6.92 Å². The zero-order valence-corrected chi connectivity index (χ0v) is 13.1. The number of fused-ring (bicyclic) bond motifs is 1. The number of halogens is 1. The minimum Gasteiger partial charge on any atom is -0.487 e. The van der Waals surface area contributed by atoms with Gasteiger partial charge in [0.15, 0.2) is 0 Å². The third-order valence-corrected chi connectivity index (χ3v) is 4.38. The molecule has 0 aliphatic heterocycles. The molecule has 0 unspecified atom stereocenters. The summed E-state index contributed by atoms with van der Waals surface area (Å²) < 4.78 is 8.90. The Hall–Kier alpha value is -1.75. The molecule has 0 aliphatic rings. The predicted molar refractivity (Wildman–Crippen MR) is 83.0 cm³/mol. The van der Waals surface area contributed by atoms with E-state index in [4.69, 9.17) is 4.74 Å². The van der Waals surface area contributed by atoms with Gasteiger partial charge >= 0.3 is 0 Å². The number of nitrogens with one attached hydrogen (secondary N) is 1. The van der Waals surface area contributed by atoms with Crippen molar-refractivity contribution >= 4 is 26.8 Å². The molecule has 2 aromatic heterocycles. The summed E-state index contributed by atoms with van der Waals surface area (Å²) in [7, 11) is 0. The number of ether oxygens (including phenoxy) is 1. The summed E-state index contributed by atoms with van der Waals surface area (Å²) >= 11 is 3.58. The lowest BCUT2D eigenvalue weighted by atomic mass is 10.2. The van der Waals surface area contributed by atoms with Gasteiger partial charge in [0.2, 0.25) is 0 Å². The van der Waals surface area contributed by atoms with E-state index in [-0.39, 0.29) is 0 Å². The van der Waals surface area contributed by atoms with Crippen LogP contribution < -0.4 is 4.74 Å². The zero-order chi connectivity index (χ0) is 14.1. The third kappa shape index (κ3) is 2.33. The highest BCUT2D eigenvalue weighted by molar-refractivity contribution is 9.10. The van der Waals surface area contributed by atoms with Gasteiger partial charge in [-0.3, -0.25) is 4.68 Å². The van der Waals surface area contributed by atoms with Crippen molar-refractivity contribution in [1.29, 1.82) is 0 Å². The van der Waals surface area contributed by atoms with E-state index in [1.165, 1.54) is 0 Å². The van der Waals surface area contributed by atoms with Crippen molar-refractivity contribution in [1.82, 2.24) is 14.8 Å². The van der Waals surface area contributed by atoms with E-state index in [1.54, 1.807) is 0 Å². The fraction of sp³-hybridized carbons (Fsp3) is 0.267. The molecule has 0 amide bonds. The van der Waals surface area contributed by atoms with Crippen molar-refractivity contribution in [3.8, 4) is 5.75 Å². The van der Waals surface area contributed by atoms with Crippen molar-refractivity contribution in [3.05, 3.63) is 46.3 Å². The van der Waals surface area contributed by atoms with Crippen molar-refractivity contribution in [2.75, 3.05) is 0 Å². The van der Waals surface area contributed by atoms with Crippen LogP contribution in [0.25, 0.3) is 10.9 Å². The minimum atomic E-state index is 0.505. The highest BCUT2D eigenvalue weighted by Gasteiger charge is 2.12. The number of H-pyrrole nitrogens is 1. The van der Waals surface area contributed by atoms with Gasteiger partial charge in [-0.15, -0.1) is 0 Å². The lowest BCUT2D eigenvalue weighted by molar-refractivity contribution is 0.292. The molecule has 5 heteroatoms. The Morgan fingerprint density at radius 3 is 3.00 bits per heavy atom. The Balaban J connectivity index is 1.82. The highest BCUT2D eigenvalue weighted by Crippen LogP contribution is 2.24. The lowest BCUT2D eigenvalue weighted by Crippen LogP contribution is -2.06.